The molecule has 5 fully saturated rings. The summed E-state index contributed by atoms with van der Waals surface area (Å²) in [6.45, 7) is 10.4. The van der Waals surface area contributed by atoms with Gasteiger partial charge in [0, 0.05) is 47.9 Å². The van der Waals surface area contributed by atoms with E-state index in [1.165, 1.54) is 12.8 Å². The highest BCUT2D eigenvalue weighted by Gasteiger charge is 2.76. The molecule has 8 aliphatic rings. The Kier molecular flexibility index (Phi) is 12.0. The molecule has 1 spiro atoms. The minimum atomic E-state index is -1.67. The van der Waals surface area contributed by atoms with Gasteiger partial charge in [0.25, 0.3) is 0 Å². The zero-order valence-electron chi connectivity index (χ0n) is 36.9. The zero-order chi connectivity index (χ0) is 43.2. The van der Waals surface area contributed by atoms with Crippen molar-refractivity contribution in [1.29, 1.82) is 0 Å². The fourth-order valence-corrected chi connectivity index (χ4v) is 15.3. The van der Waals surface area contributed by atoms with Crippen LogP contribution in [-0.4, -0.2) is 111 Å². The number of hydrogen-bond acceptors (Lipinski definition) is 12. The van der Waals surface area contributed by atoms with Gasteiger partial charge in [0.2, 0.25) is 0 Å². The van der Waals surface area contributed by atoms with Crippen molar-refractivity contribution in [2.45, 2.75) is 166 Å². The van der Waals surface area contributed by atoms with E-state index in [9.17, 15) is 30.6 Å². The number of fused-ring (bicyclic) bond motifs is 3. The first-order chi connectivity index (χ1) is 28.4. The SMILES string of the molecule is CCCC1CCC2OC(C(O)C(C)(O)C3CCC4(O)C5=C(NCC(C)O)C(=O)C6CC(O)C(O)CC67CC(C6=CNC(N)C=C6)C=CC(CNC)(CC34C)C57)C(C)C2CC1. The van der Waals surface area contributed by atoms with Crippen LogP contribution < -0.4 is 21.7 Å². The Morgan fingerprint density at radius 2 is 1.85 bits per heavy atom. The molecule has 4 saturated carbocycles. The summed E-state index contributed by atoms with van der Waals surface area (Å²) >= 11 is 0. The van der Waals surface area contributed by atoms with E-state index in [1.807, 2.05) is 32.3 Å². The molecule has 60 heavy (non-hydrogen) atoms. The number of dihydropyridines is 1. The van der Waals surface area contributed by atoms with Crippen molar-refractivity contribution in [3.8, 4) is 0 Å². The molecule has 8 rings (SSSR count). The number of aliphatic hydroxyl groups is 6. The van der Waals surface area contributed by atoms with Crippen molar-refractivity contribution < 1.29 is 40.2 Å². The fraction of sp³-hybridized carbons (Fsp3) is 0.812. The maximum Gasteiger partial charge on any atom is 0.182 e. The molecule has 0 bridgehead atoms. The third-order valence-electron chi connectivity index (χ3n) is 17.9. The van der Waals surface area contributed by atoms with E-state index in [2.05, 4.69) is 41.9 Å². The fourth-order valence-electron chi connectivity index (χ4n) is 15.3. The van der Waals surface area contributed by atoms with Crippen LogP contribution in [0.25, 0.3) is 0 Å². The number of Topliss-reactive ketones (excluding diaryl/α,β-unsaturated/α-hetero) is 1. The van der Waals surface area contributed by atoms with Gasteiger partial charge in [-0.25, -0.2) is 0 Å². The van der Waals surface area contributed by atoms with E-state index in [-0.39, 0.29) is 61.4 Å². The number of nitrogens with one attached hydrogen (secondary N) is 3. The van der Waals surface area contributed by atoms with Crippen molar-refractivity contribution in [1.82, 2.24) is 16.0 Å². The quantitative estimate of drug-likeness (QED) is 0.136. The molecule has 0 aromatic carbocycles. The summed E-state index contributed by atoms with van der Waals surface area (Å²) in [6.07, 6.45) is 13.9. The van der Waals surface area contributed by atoms with Gasteiger partial charge >= 0.3 is 0 Å². The molecule has 12 heteroatoms. The maximum atomic E-state index is 15.4. The van der Waals surface area contributed by atoms with E-state index in [4.69, 9.17) is 10.5 Å². The molecule has 2 aliphatic heterocycles. The number of ketones is 1. The second-order valence-electron chi connectivity index (χ2n) is 21.5. The van der Waals surface area contributed by atoms with Crippen LogP contribution in [0, 0.1) is 57.7 Å². The van der Waals surface area contributed by atoms with Crippen LogP contribution in [-0.2, 0) is 9.53 Å². The Bertz CT molecular complexity index is 1760. The summed E-state index contributed by atoms with van der Waals surface area (Å²) in [5.41, 5.74) is 2.09. The number of hydrogen-bond donors (Lipinski definition) is 10. The molecule has 0 radical (unpaired) electrons. The third kappa shape index (κ3) is 6.84. The van der Waals surface area contributed by atoms with E-state index in [0.717, 1.165) is 31.3 Å². The van der Waals surface area contributed by atoms with Crippen molar-refractivity contribution in [3.63, 3.8) is 0 Å². The van der Waals surface area contributed by atoms with Crippen LogP contribution in [0.1, 0.15) is 112 Å². The normalized spacial score (nSPS) is 48.0. The third-order valence-corrected chi connectivity index (χ3v) is 17.9. The number of carbonyl (C=O) groups is 1. The lowest BCUT2D eigenvalue weighted by atomic mass is 9.37. The molecule has 12 nitrogen and oxygen atoms in total. The average molecular weight is 837 g/mol. The van der Waals surface area contributed by atoms with Gasteiger partial charge < -0.3 is 57.1 Å². The Morgan fingerprint density at radius 3 is 2.53 bits per heavy atom. The largest absolute Gasteiger partial charge is 0.392 e. The second kappa shape index (κ2) is 16.1. The number of ether oxygens (including phenoxy) is 1. The van der Waals surface area contributed by atoms with Crippen LogP contribution >= 0.6 is 0 Å². The number of rotatable bonds is 11. The van der Waals surface area contributed by atoms with E-state index >= 15 is 4.79 Å². The summed E-state index contributed by atoms with van der Waals surface area (Å²) in [5, 5.41) is 83.2. The summed E-state index contributed by atoms with van der Waals surface area (Å²) in [5.74, 6) is -1.07. The molecule has 19 unspecified atom stereocenters. The predicted octanol–water partition coefficient (Wildman–Crippen LogP) is 3.31. The van der Waals surface area contributed by atoms with Crippen molar-refractivity contribution in [2.24, 2.45) is 63.4 Å². The molecule has 0 amide bonds. The highest BCUT2D eigenvalue weighted by Crippen LogP contribution is 2.75. The van der Waals surface area contributed by atoms with Crippen molar-refractivity contribution in [3.05, 3.63) is 47.3 Å². The lowest BCUT2D eigenvalue weighted by Crippen LogP contribution is -2.70. The summed E-state index contributed by atoms with van der Waals surface area (Å²) < 4.78 is 6.80. The molecule has 336 valence electrons. The van der Waals surface area contributed by atoms with Gasteiger partial charge in [-0.05, 0) is 125 Å². The molecule has 0 aromatic heterocycles. The zero-order valence-corrected chi connectivity index (χ0v) is 36.9. The van der Waals surface area contributed by atoms with Crippen LogP contribution in [0.3, 0.4) is 0 Å². The number of aliphatic hydroxyl groups excluding tert-OH is 4. The number of nitrogens with two attached hydrogens (primary N) is 1. The van der Waals surface area contributed by atoms with E-state index in [1.54, 1.807) is 13.8 Å². The minimum absolute atomic E-state index is 0.0429. The molecule has 2 heterocycles. The topological polar surface area (TPSA) is 210 Å². The monoisotopic (exact) mass is 837 g/mol. The highest BCUT2D eigenvalue weighted by atomic mass is 16.5. The smallest absolute Gasteiger partial charge is 0.182 e. The first kappa shape index (κ1) is 44.5. The molecule has 6 aliphatic carbocycles. The van der Waals surface area contributed by atoms with Gasteiger partial charge in [0.05, 0.1) is 53.6 Å². The van der Waals surface area contributed by atoms with Crippen molar-refractivity contribution in [2.75, 3.05) is 20.1 Å². The van der Waals surface area contributed by atoms with E-state index in [0.29, 0.717) is 43.2 Å². The first-order valence-corrected chi connectivity index (χ1v) is 23.5. The van der Waals surface area contributed by atoms with Gasteiger partial charge in [-0.1, -0.05) is 58.3 Å². The molecule has 0 aromatic rings. The van der Waals surface area contributed by atoms with Crippen LogP contribution in [0.2, 0.25) is 0 Å². The minimum Gasteiger partial charge on any atom is -0.392 e. The second-order valence-corrected chi connectivity index (χ2v) is 21.5. The summed E-state index contributed by atoms with van der Waals surface area (Å²) in [4.78, 5) is 15.4. The van der Waals surface area contributed by atoms with Crippen LogP contribution in [0.4, 0.5) is 0 Å². The summed E-state index contributed by atoms with van der Waals surface area (Å²) in [6, 6.07) is 0. The van der Waals surface area contributed by atoms with Crippen LogP contribution in [0.15, 0.2) is 47.3 Å². The first-order valence-electron chi connectivity index (χ1n) is 23.5. The lowest BCUT2D eigenvalue weighted by molar-refractivity contribution is -0.214. The Balaban J connectivity index is 1.26. The lowest BCUT2D eigenvalue weighted by Gasteiger charge is -2.67. The van der Waals surface area contributed by atoms with Crippen molar-refractivity contribution >= 4 is 5.78 Å². The Labute approximate surface area is 357 Å². The standard InChI is InChI=1S/C48H76N4O8/c1-7-8-28-9-12-31-27(3)41(60-35(31)13-10-28)43(57)45(5,58)36-16-18-48(59)38-39(52-22-26(2)53)40(56)32-19-33(54)34(55)21-47(32)20-29(30-11-14-37(49)51-23-30)15-17-46(25-50-6,42(38)47)24-44(36,48)4/h11,14-15,17,23,26-29,31-37,41-43,50-55,57-59H,7-10,12-13,16,18-22,24-25,49H2,1-6H3. The highest BCUT2D eigenvalue weighted by molar-refractivity contribution is 6.00. The molecule has 11 N–H and O–H groups in total. The number of carbonyl (C=O) groups excluding carboxylic acids is 1. The Hall–Kier alpha value is -2.13. The molecular weight excluding hydrogens is 761 g/mol. The molecular formula is C48H76N4O8. The van der Waals surface area contributed by atoms with E-state index < -0.39 is 75.7 Å². The maximum absolute atomic E-state index is 15.4. The van der Waals surface area contributed by atoms with Gasteiger partial charge in [0.15, 0.2) is 5.78 Å². The molecule has 19 atom stereocenters. The van der Waals surface area contributed by atoms with Gasteiger partial charge in [-0.15, -0.1) is 0 Å². The predicted molar refractivity (Wildman–Crippen MR) is 230 cm³/mol. The van der Waals surface area contributed by atoms with Gasteiger partial charge in [-0.2, -0.15) is 0 Å². The molecule has 1 saturated heterocycles. The average Bonchev–Trinajstić information content (AvgIpc) is 3.50. The Morgan fingerprint density at radius 1 is 1.10 bits per heavy atom. The van der Waals surface area contributed by atoms with Crippen LogP contribution in [0.5, 0.6) is 0 Å². The number of allylic oxidation sites excluding steroid dienone is 4. The van der Waals surface area contributed by atoms with Gasteiger partial charge in [0.1, 0.15) is 6.10 Å². The summed E-state index contributed by atoms with van der Waals surface area (Å²) in [7, 11) is 1.91. The van der Waals surface area contributed by atoms with Gasteiger partial charge in [-0.3, -0.25) is 4.79 Å².